The van der Waals surface area contributed by atoms with E-state index in [9.17, 15) is 19.5 Å². The van der Waals surface area contributed by atoms with Crippen molar-refractivity contribution in [3.63, 3.8) is 0 Å². The van der Waals surface area contributed by atoms with Crippen LogP contribution in [0, 0.1) is 0 Å². The summed E-state index contributed by atoms with van der Waals surface area (Å²) in [5, 5.41) is 11.3. The van der Waals surface area contributed by atoms with Crippen LogP contribution in [0.15, 0.2) is 78.4 Å². The number of esters is 1. The highest BCUT2D eigenvalue weighted by Crippen LogP contribution is 2.43. The number of anilines is 1. The maximum atomic E-state index is 13.3. The van der Waals surface area contributed by atoms with E-state index in [1.807, 2.05) is 31.2 Å². The van der Waals surface area contributed by atoms with Crippen LogP contribution in [0.2, 0.25) is 0 Å². The Kier molecular flexibility index (Phi) is 6.68. The smallest absolute Gasteiger partial charge is 0.337 e. The van der Waals surface area contributed by atoms with Crippen molar-refractivity contribution in [2.75, 3.05) is 19.1 Å². The van der Waals surface area contributed by atoms with Crippen LogP contribution < -0.4 is 9.64 Å². The molecule has 35 heavy (non-hydrogen) atoms. The Balaban J connectivity index is 1.95. The number of amides is 1. The lowest BCUT2D eigenvalue weighted by Crippen LogP contribution is -2.29. The van der Waals surface area contributed by atoms with Crippen LogP contribution in [0.4, 0.5) is 5.69 Å². The number of nitrogens with zero attached hydrogens (tertiary/aromatic N) is 1. The summed E-state index contributed by atoms with van der Waals surface area (Å²) in [6, 6.07) is 19.6. The van der Waals surface area contributed by atoms with E-state index in [1.165, 1.54) is 25.2 Å². The second-order valence-corrected chi connectivity index (χ2v) is 8.01. The number of hydrogen-bond donors (Lipinski definition) is 1. The zero-order valence-electron chi connectivity index (χ0n) is 19.6. The first-order chi connectivity index (χ1) is 16.9. The number of carbonyl (C=O) groups excluding carboxylic acids is 3. The van der Waals surface area contributed by atoms with Gasteiger partial charge in [-0.15, -0.1) is 0 Å². The predicted octanol–water partition coefficient (Wildman–Crippen LogP) is 4.67. The third-order valence-electron chi connectivity index (χ3n) is 6.06. The number of rotatable bonds is 6. The average molecular weight is 472 g/mol. The van der Waals surface area contributed by atoms with Gasteiger partial charge in [-0.25, -0.2) is 4.79 Å². The first kappa shape index (κ1) is 23.8. The molecule has 0 spiro atoms. The van der Waals surface area contributed by atoms with E-state index < -0.39 is 23.7 Å². The maximum Gasteiger partial charge on any atom is 0.337 e. The summed E-state index contributed by atoms with van der Waals surface area (Å²) in [5.41, 5.74) is 2.53. The minimum Gasteiger partial charge on any atom is -0.507 e. The highest BCUT2D eigenvalue weighted by Gasteiger charge is 2.47. The molecule has 1 N–H and O–H groups in total. The normalized spacial score (nSPS) is 16.9. The van der Waals surface area contributed by atoms with Crippen LogP contribution in [-0.4, -0.2) is 37.0 Å². The molecule has 3 aromatic rings. The number of hydrogen-bond acceptors (Lipinski definition) is 6. The molecule has 4 rings (SSSR count). The molecule has 178 valence electrons. The van der Waals surface area contributed by atoms with Crippen LogP contribution in [0.1, 0.15) is 40.0 Å². The summed E-state index contributed by atoms with van der Waals surface area (Å²) in [6.45, 7) is 2.03. The van der Waals surface area contributed by atoms with Crippen molar-refractivity contribution in [1.82, 2.24) is 0 Å². The van der Waals surface area contributed by atoms with Crippen LogP contribution in [0.3, 0.4) is 0 Å². The van der Waals surface area contributed by atoms with Crippen molar-refractivity contribution in [3.05, 3.63) is 101 Å². The molecular weight excluding hydrogens is 446 g/mol. The number of ketones is 1. The lowest BCUT2D eigenvalue weighted by molar-refractivity contribution is -0.132. The molecule has 7 heteroatoms. The number of aliphatic hydroxyl groups is 1. The summed E-state index contributed by atoms with van der Waals surface area (Å²) in [5.74, 6) is -2.18. The van der Waals surface area contributed by atoms with Gasteiger partial charge in [-0.1, -0.05) is 49.4 Å². The summed E-state index contributed by atoms with van der Waals surface area (Å²) in [6.07, 6.45) is 0.822. The molecule has 1 atom stereocenters. The van der Waals surface area contributed by atoms with E-state index in [4.69, 9.17) is 9.47 Å². The molecule has 0 bridgehead atoms. The Morgan fingerprint density at radius 3 is 2.34 bits per heavy atom. The highest BCUT2D eigenvalue weighted by atomic mass is 16.5. The van der Waals surface area contributed by atoms with Gasteiger partial charge in [-0.05, 0) is 47.9 Å². The number of aliphatic hydroxyl groups excluding tert-OH is 1. The Morgan fingerprint density at radius 2 is 1.69 bits per heavy atom. The summed E-state index contributed by atoms with van der Waals surface area (Å²) < 4.78 is 10.2. The fourth-order valence-electron chi connectivity index (χ4n) is 4.24. The van der Waals surface area contributed by atoms with E-state index in [0.717, 1.165) is 12.0 Å². The number of para-hydroxylation sites is 1. The van der Waals surface area contributed by atoms with Gasteiger partial charge in [0, 0.05) is 5.69 Å². The van der Waals surface area contributed by atoms with Crippen molar-refractivity contribution in [2.45, 2.75) is 19.4 Å². The lowest BCUT2D eigenvalue weighted by atomic mass is 9.94. The molecule has 1 saturated heterocycles. The third-order valence-corrected chi connectivity index (χ3v) is 6.06. The molecule has 0 aliphatic carbocycles. The van der Waals surface area contributed by atoms with E-state index >= 15 is 0 Å². The van der Waals surface area contributed by atoms with Crippen LogP contribution >= 0.6 is 0 Å². The Bertz CT molecular complexity index is 1330. The molecule has 1 heterocycles. The molecule has 3 aromatic carbocycles. The SMILES string of the molecule is CCc1ccc(C2/C(=C(\O)c3ccccc3OC)C(=O)C(=O)N2c2cccc(C(=O)OC)c2)cc1. The fourth-order valence-corrected chi connectivity index (χ4v) is 4.24. The van der Waals surface area contributed by atoms with Gasteiger partial charge in [0.15, 0.2) is 0 Å². The standard InChI is InChI=1S/C28H25NO6/c1-4-17-12-14-18(15-13-17)24-23(25(30)21-10-5-6-11-22(21)34-2)26(31)27(32)29(24)20-9-7-8-19(16-20)28(33)35-3/h5-16,24,30H,4H2,1-3H3/b25-23+. The quantitative estimate of drug-likeness (QED) is 0.243. The zero-order valence-corrected chi connectivity index (χ0v) is 19.6. The number of ether oxygens (including phenoxy) is 2. The number of aryl methyl sites for hydroxylation is 1. The van der Waals surface area contributed by atoms with Gasteiger partial charge in [0.25, 0.3) is 11.7 Å². The first-order valence-corrected chi connectivity index (χ1v) is 11.1. The summed E-state index contributed by atoms with van der Waals surface area (Å²) >= 11 is 0. The third kappa shape index (κ3) is 4.28. The van der Waals surface area contributed by atoms with Gasteiger partial charge in [-0.3, -0.25) is 14.5 Å². The van der Waals surface area contributed by atoms with Crippen molar-refractivity contribution in [3.8, 4) is 5.75 Å². The van der Waals surface area contributed by atoms with Gasteiger partial charge < -0.3 is 14.6 Å². The van der Waals surface area contributed by atoms with Gasteiger partial charge in [0.1, 0.15) is 11.5 Å². The van der Waals surface area contributed by atoms with Crippen LogP contribution in [-0.2, 0) is 20.7 Å². The molecule has 1 aliphatic heterocycles. The van der Waals surface area contributed by atoms with Gasteiger partial charge >= 0.3 is 5.97 Å². The number of methoxy groups -OCH3 is 2. The molecule has 1 unspecified atom stereocenters. The predicted molar refractivity (Wildman–Crippen MR) is 131 cm³/mol. The second kappa shape index (κ2) is 9.85. The van der Waals surface area contributed by atoms with E-state index in [-0.39, 0.29) is 16.9 Å². The Labute approximate surface area is 203 Å². The Hall–Kier alpha value is -4.39. The Morgan fingerprint density at radius 1 is 0.971 bits per heavy atom. The topological polar surface area (TPSA) is 93.1 Å². The minimum atomic E-state index is -0.918. The molecule has 0 radical (unpaired) electrons. The number of benzene rings is 3. The van der Waals surface area contributed by atoms with Gasteiger partial charge in [0.2, 0.25) is 0 Å². The zero-order chi connectivity index (χ0) is 25.1. The first-order valence-electron chi connectivity index (χ1n) is 11.1. The van der Waals surface area contributed by atoms with Gasteiger partial charge in [0.05, 0.1) is 37.0 Å². The monoisotopic (exact) mass is 471 g/mol. The van der Waals surface area contributed by atoms with E-state index in [2.05, 4.69) is 0 Å². The van der Waals surface area contributed by atoms with E-state index in [1.54, 1.807) is 42.5 Å². The maximum absolute atomic E-state index is 13.3. The lowest BCUT2D eigenvalue weighted by Gasteiger charge is -2.26. The fraction of sp³-hybridized carbons (Fsp3) is 0.179. The summed E-state index contributed by atoms with van der Waals surface area (Å²) in [7, 11) is 2.73. The number of Topliss-reactive ketones (excluding diaryl/α,β-unsaturated/α-hetero) is 1. The van der Waals surface area contributed by atoms with Crippen molar-refractivity contribution < 1.29 is 29.0 Å². The second-order valence-electron chi connectivity index (χ2n) is 8.01. The largest absolute Gasteiger partial charge is 0.507 e. The molecule has 0 aromatic heterocycles. The molecule has 1 aliphatic rings. The average Bonchev–Trinajstić information content (AvgIpc) is 3.17. The summed E-state index contributed by atoms with van der Waals surface area (Å²) in [4.78, 5) is 40.1. The van der Waals surface area contributed by atoms with Crippen molar-refractivity contribution >= 4 is 29.1 Å². The van der Waals surface area contributed by atoms with Crippen LogP contribution in [0.5, 0.6) is 5.75 Å². The molecule has 0 saturated carbocycles. The molecule has 7 nitrogen and oxygen atoms in total. The van der Waals surface area contributed by atoms with Gasteiger partial charge in [-0.2, -0.15) is 0 Å². The highest BCUT2D eigenvalue weighted by molar-refractivity contribution is 6.51. The molecular formula is C28H25NO6. The minimum absolute atomic E-state index is 0.0628. The molecule has 1 amide bonds. The van der Waals surface area contributed by atoms with Crippen molar-refractivity contribution in [2.24, 2.45) is 0 Å². The van der Waals surface area contributed by atoms with Crippen LogP contribution in [0.25, 0.3) is 5.76 Å². The molecule has 1 fully saturated rings. The van der Waals surface area contributed by atoms with E-state index in [0.29, 0.717) is 22.6 Å². The number of carbonyl (C=O) groups is 3. The van der Waals surface area contributed by atoms with Crippen molar-refractivity contribution in [1.29, 1.82) is 0 Å².